The molecule has 0 aliphatic heterocycles. The summed E-state index contributed by atoms with van der Waals surface area (Å²) in [6, 6.07) is 25.2. The first kappa shape index (κ1) is 24.1. The lowest BCUT2D eigenvalue weighted by Crippen LogP contribution is -2.39. The summed E-state index contributed by atoms with van der Waals surface area (Å²) in [6.45, 7) is 5.84. The summed E-state index contributed by atoms with van der Waals surface area (Å²) in [4.78, 5) is 0. The van der Waals surface area contributed by atoms with Gasteiger partial charge < -0.3 is 10.1 Å². The topological polar surface area (TPSA) is 67.4 Å². The zero-order chi connectivity index (χ0) is 23.0. The van der Waals surface area contributed by atoms with Gasteiger partial charge in [-0.25, -0.2) is 13.1 Å². The van der Waals surface area contributed by atoms with Crippen molar-refractivity contribution in [2.45, 2.75) is 32.5 Å². The summed E-state index contributed by atoms with van der Waals surface area (Å²) in [6.07, 6.45) is 1.19. The van der Waals surface area contributed by atoms with Crippen molar-refractivity contribution in [2.75, 3.05) is 19.4 Å². The molecular weight excluding hydrogens is 420 g/mol. The number of nitrogens with one attached hydrogen (secondary N) is 2. The van der Waals surface area contributed by atoms with Crippen LogP contribution in [0.4, 0.5) is 0 Å². The van der Waals surface area contributed by atoms with Gasteiger partial charge in [0, 0.05) is 6.54 Å². The van der Waals surface area contributed by atoms with E-state index in [1.165, 1.54) is 17.4 Å². The van der Waals surface area contributed by atoms with E-state index < -0.39 is 16.1 Å². The molecule has 2 atom stereocenters. The molecule has 0 spiro atoms. The largest absolute Gasteiger partial charge is 0.375 e. The fourth-order valence-electron chi connectivity index (χ4n) is 3.68. The van der Waals surface area contributed by atoms with Gasteiger partial charge in [-0.3, -0.25) is 0 Å². The van der Waals surface area contributed by atoms with Crippen LogP contribution in [0.25, 0.3) is 0 Å². The van der Waals surface area contributed by atoms with Crippen LogP contribution in [0.3, 0.4) is 0 Å². The summed E-state index contributed by atoms with van der Waals surface area (Å²) in [5.41, 5.74) is 5.58. The Labute approximate surface area is 191 Å². The molecule has 0 saturated heterocycles. The Morgan fingerprint density at radius 2 is 1.41 bits per heavy atom. The minimum atomic E-state index is -3.42. The van der Waals surface area contributed by atoms with Crippen molar-refractivity contribution in [3.05, 3.63) is 107 Å². The number of benzene rings is 3. The van der Waals surface area contributed by atoms with Crippen LogP contribution < -0.4 is 10.0 Å². The van der Waals surface area contributed by atoms with Gasteiger partial charge >= 0.3 is 0 Å². The number of sulfonamides is 1. The molecule has 0 amide bonds. The van der Waals surface area contributed by atoms with E-state index in [4.69, 9.17) is 4.74 Å². The monoisotopic (exact) mass is 452 g/mol. The Hall–Kier alpha value is -2.51. The van der Waals surface area contributed by atoms with Gasteiger partial charge in [0.05, 0.1) is 31.6 Å². The summed E-state index contributed by atoms with van der Waals surface area (Å²) in [7, 11) is -3.42. The smallest absolute Gasteiger partial charge is 0.209 e. The highest BCUT2D eigenvalue weighted by Gasteiger charge is 2.27. The summed E-state index contributed by atoms with van der Waals surface area (Å²) in [5, 5.41) is 3.51. The summed E-state index contributed by atoms with van der Waals surface area (Å²) in [5.74, 6) is 0. The minimum Gasteiger partial charge on any atom is -0.375 e. The van der Waals surface area contributed by atoms with Crippen molar-refractivity contribution >= 4 is 10.0 Å². The molecule has 3 aromatic carbocycles. The predicted octanol–water partition coefficient (Wildman–Crippen LogP) is 4.44. The molecule has 0 aliphatic carbocycles. The summed E-state index contributed by atoms with van der Waals surface area (Å²) < 4.78 is 33.0. The number of aryl methyl sites for hydroxylation is 2. The number of ether oxygens (including phenoxy) is 1. The molecule has 2 N–H and O–H groups in total. The molecule has 0 saturated carbocycles. The lowest BCUT2D eigenvalue weighted by molar-refractivity contribution is 0.119. The Kier molecular flexibility index (Phi) is 8.59. The highest BCUT2D eigenvalue weighted by molar-refractivity contribution is 7.88. The molecule has 0 bridgehead atoms. The molecule has 3 aromatic rings. The lowest BCUT2D eigenvalue weighted by atomic mass is 9.94. The standard InChI is InChI=1S/C26H32N2O3S/c1-20-14-15-22(18-21(20)2)19-31-17-16-27-25(23-10-6-4-7-11-23)26(28-32(3,29)30)24-12-8-5-9-13-24/h4-15,18,25-28H,16-17,19H2,1-3H3/t25-,26?/m1/s1. The maximum absolute atomic E-state index is 12.2. The number of hydrogen-bond donors (Lipinski definition) is 2. The van der Waals surface area contributed by atoms with Gasteiger partial charge in [-0.1, -0.05) is 78.9 Å². The first-order chi connectivity index (χ1) is 15.3. The average Bonchev–Trinajstić information content (AvgIpc) is 2.78. The molecule has 0 fully saturated rings. The van der Waals surface area contributed by atoms with E-state index in [1.807, 2.05) is 60.7 Å². The fraction of sp³-hybridized carbons (Fsp3) is 0.308. The third kappa shape index (κ3) is 7.28. The molecule has 0 radical (unpaired) electrons. The van der Waals surface area contributed by atoms with Crippen molar-refractivity contribution in [3.63, 3.8) is 0 Å². The van der Waals surface area contributed by atoms with Crippen LogP contribution in [-0.4, -0.2) is 27.8 Å². The average molecular weight is 453 g/mol. The molecule has 1 unspecified atom stereocenters. The zero-order valence-corrected chi connectivity index (χ0v) is 19.7. The van der Waals surface area contributed by atoms with Gasteiger partial charge in [-0.05, 0) is 41.7 Å². The highest BCUT2D eigenvalue weighted by Crippen LogP contribution is 2.29. The SMILES string of the molecule is Cc1ccc(COCCN[C@H](c2ccccc2)C(NS(C)(=O)=O)c2ccccc2)cc1C. The Morgan fingerprint density at radius 3 is 1.97 bits per heavy atom. The normalized spacial score (nSPS) is 13.6. The Morgan fingerprint density at radius 1 is 0.812 bits per heavy atom. The molecule has 6 heteroatoms. The second kappa shape index (κ2) is 11.4. The van der Waals surface area contributed by atoms with E-state index in [-0.39, 0.29) is 6.04 Å². The van der Waals surface area contributed by atoms with Crippen LogP contribution in [0.15, 0.2) is 78.9 Å². The van der Waals surface area contributed by atoms with Gasteiger partial charge in [0.1, 0.15) is 0 Å². The first-order valence-corrected chi connectivity index (χ1v) is 12.7. The maximum Gasteiger partial charge on any atom is 0.209 e. The van der Waals surface area contributed by atoms with E-state index >= 15 is 0 Å². The lowest BCUT2D eigenvalue weighted by Gasteiger charge is -2.29. The van der Waals surface area contributed by atoms with Crippen molar-refractivity contribution < 1.29 is 13.2 Å². The van der Waals surface area contributed by atoms with Crippen molar-refractivity contribution in [1.29, 1.82) is 0 Å². The molecule has 0 aromatic heterocycles. The van der Waals surface area contributed by atoms with Gasteiger partial charge in [0.2, 0.25) is 10.0 Å². The highest BCUT2D eigenvalue weighted by atomic mass is 32.2. The Bertz CT molecular complexity index is 1090. The second-order valence-electron chi connectivity index (χ2n) is 8.09. The number of rotatable bonds is 11. The molecule has 32 heavy (non-hydrogen) atoms. The van der Waals surface area contributed by atoms with E-state index in [0.717, 1.165) is 16.7 Å². The maximum atomic E-state index is 12.2. The molecule has 0 heterocycles. The van der Waals surface area contributed by atoms with Crippen molar-refractivity contribution in [3.8, 4) is 0 Å². The summed E-state index contributed by atoms with van der Waals surface area (Å²) >= 11 is 0. The third-order valence-electron chi connectivity index (χ3n) is 5.44. The van der Waals surface area contributed by atoms with Crippen molar-refractivity contribution in [2.24, 2.45) is 0 Å². The van der Waals surface area contributed by atoms with Crippen LogP contribution in [-0.2, 0) is 21.4 Å². The van der Waals surface area contributed by atoms with Gasteiger partial charge in [0.15, 0.2) is 0 Å². The molecule has 0 aliphatic rings. The third-order valence-corrected chi connectivity index (χ3v) is 6.12. The van der Waals surface area contributed by atoms with Crippen LogP contribution in [0.2, 0.25) is 0 Å². The number of hydrogen-bond acceptors (Lipinski definition) is 4. The molecule has 170 valence electrons. The van der Waals surface area contributed by atoms with E-state index in [2.05, 4.69) is 42.1 Å². The van der Waals surface area contributed by atoms with Gasteiger partial charge in [-0.2, -0.15) is 0 Å². The van der Waals surface area contributed by atoms with Crippen LogP contribution in [0.1, 0.15) is 39.9 Å². The quantitative estimate of drug-likeness (QED) is 0.422. The van der Waals surface area contributed by atoms with E-state index in [9.17, 15) is 8.42 Å². The first-order valence-electron chi connectivity index (χ1n) is 10.8. The zero-order valence-electron chi connectivity index (χ0n) is 18.9. The fourth-order valence-corrected chi connectivity index (χ4v) is 4.41. The second-order valence-corrected chi connectivity index (χ2v) is 9.87. The van der Waals surface area contributed by atoms with E-state index in [0.29, 0.717) is 19.8 Å². The predicted molar refractivity (Wildman–Crippen MR) is 130 cm³/mol. The minimum absolute atomic E-state index is 0.251. The molecule has 5 nitrogen and oxygen atoms in total. The van der Waals surface area contributed by atoms with Gasteiger partial charge in [0.25, 0.3) is 0 Å². The van der Waals surface area contributed by atoms with Crippen LogP contribution in [0.5, 0.6) is 0 Å². The Balaban J connectivity index is 1.71. The molecule has 3 rings (SSSR count). The van der Waals surface area contributed by atoms with Crippen LogP contribution in [0, 0.1) is 13.8 Å². The van der Waals surface area contributed by atoms with Crippen LogP contribution >= 0.6 is 0 Å². The van der Waals surface area contributed by atoms with E-state index in [1.54, 1.807) is 0 Å². The van der Waals surface area contributed by atoms with Gasteiger partial charge in [-0.15, -0.1) is 0 Å². The molecular formula is C26H32N2O3S. The van der Waals surface area contributed by atoms with Crippen molar-refractivity contribution in [1.82, 2.24) is 10.0 Å².